The summed E-state index contributed by atoms with van der Waals surface area (Å²) in [5, 5.41) is 12.0. The summed E-state index contributed by atoms with van der Waals surface area (Å²) in [6.45, 7) is 0. The third kappa shape index (κ3) is 2.67. The number of carbonyl (C=O) groups is 2. The number of amides is 2. The van der Waals surface area contributed by atoms with E-state index in [1.54, 1.807) is 36.4 Å². The summed E-state index contributed by atoms with van der Waals surface area (Å²) in [4.78, 5) is 33.3. The van der Waals surface area contributed by atoms with Crippen molar-refractivity contribution in [2.24, 2.45) is 5.92 Å². The molecule has 0 aliphatic carbocycles. The smallest absolute Gasteiger partial charge is 0.266 e. The maximum Gasteiger partial charge on any atom is 0.266 e. The number of hydrogen-bond donors (Lipinski definition) is 1. The Bertz CT molecular complexity index is 1140. The van der Waals surface area contributed by atoms with Gasteiger partial charge in [0.25, 0.3) is 5.91 Å². The van der Waals surface area contributed by atoms with Gasteiger partial charge in [0.05, 0.1) is 17.4 Å². The highest BCUT2D eigenvalue weighted by atomic mass is 19.1. The van der Waals surface area contributed by atoms with Crippen LogP contribution in [0.3, 0.4) is 0 Å². The van der Waals surface area contributed by atoms with Gasteiger partial charge in [0.15, 0.2) is 6.10 Å². The van der Waals surface area contributed by atoms with E-state index in [2.05, 4.69) is 0 Å². The van der Waals surface area contributed by atoms with E-state index in [1.807, 2.05) is 18.2 Å². The number of phenols is 1. The number of rotatable bonds is 3. The molecule has 6 nitrogen and oxygen atoms in total. The van der Waals surface area contributed by atoms with Crippen LogP contribution >= 0.6 is 0 Å². The average Bonchev–Trinajstić information content (AvgIpc) is 3.26. The zero-order valence-corrected chi connectivity index (χ0v) is 15.7. The fourth-order valence-corrected chi connectivity index (χ4v) is 4.14. The van der Waals surface area contributed by atoms with Crippen LogP contribution in [0, 0.1) is 11.7 Å². The molecule has 3 aromatic rings. The Hall–Kier alpha value is -3.71. The predicted octanol–water partition coefficient (Wildman–Crippen LogP) is 3.58. The van der Waals surface area contributed by atoms with E-state index in [4.69, 9.17) is 4.84 Å². The minimum atomic E-state index is -1.12. The first-order valence-electron chi connectivity index (χ1n) is 9.49. The number of aromatic hydroxyl groups is 1. The molecule has 2 fully saturated rings. The van der Waals surface area contributed by atoms with Gasteiger partial charge in [-0.15, -0.1) is 0 Å². The van der Waals surface area contributed by atoms with Crippen molar-refractivity contribution in [2.75, 3.05) is 9.96 Å². The van der Waals surface area contributed by atoms with Gasteiger partial charge in [0.1, 0.15) is 17.5 Å². The maximum atomic E-state index is 14.4. The van der Waals surface area contributed by atoms with Crippen molar-refractivity contribution in [1.29, 1.82) is 0 Å². The average molecular weight is 404 g/mol. The number of halogens is 1. The number of hydroxylamine groups is 1. The normalized spacial score (nSPS) is 23.2. The summed E-state index contributed by atoms with van der Waals surface area (Å²) in [6, 6.07) is 20.5. The molecule has 2 amide bonds. The quantitative estimate of drug-likeness (QED) is 0.676. The lowest BCUT2D eigenvalue weighted by atomic mass is 9.90. The van der Waals surface area contributed by atoms with Gasteiger partial charge < -0.3 is 5.11 Å². The summed E-state index contributed by atoms with van der Waals surface area (Å²) in [5.41, 5.74) is 0.983. The van der Waals surface area contributed by atoms with E-state index in [1.165, 1.54) is 29.3 Å². The highest BCUT2D eigenvalue weighted by Gasteiger charge is 2.61. The topological polar surface area (TPSA) is 70.1 Å². The molecule has 2 saturated heterocycles. The highest BCUT2D eigenvalue weighted by molar-refractivity contribution is 6.24. The first-order valence-corrected chi connectivity index (χ1v) is 9.49. The van der Waals surface area contributed by atoms with Gasteiger partial charge in [0, 0.05) is 5.56 Å². The van der Waals surface area contributed by atoms with Crippen LogP contribution in [0.25, 0.3) is 0 Å². The summed E-state index contributed by atoms with van der Waals surface area (Å²) < 4.78 is 14.4. The Morgan fingerprint density at radius 1 is 0.833 bits per heavy atom. The molecule has 1 N–H and O–H groups in total. The number of imide groups is 1. The van der Waals surface area contributed by atoms with Gasteiger partial charge >= 0.3 is 0 Å². The molecule has 7 heteroatoms. The van der Waals surface area contributed by atoms with Crippen molar-refractivity contribution in [3.8, 4) is 5.75 Å². The second-order valence-electron chi connectivity index (χ2n) is 7.18. The molecule has 2 aliphatic rings. The molecular formula is C23H17FN2O4. The Balaban J connectivity index is 1.62. The Kier molecular flexibility index (Phi) is 4.25. The maximum absolute atomic E-state index is 14.4. The number of anilines is 2. The molecule has 2 heterocycles. The first-order chi connectivity index (χ1) is 14.6. The zero-order valence-electron chi connectivity index (χ0n) is 15.7. The van der Waals surface area contributed by atoms with Crippen LogP contribution in [0.5, 0.6) is 5.75 Å². The van der Waals surface area contributed by atoms with Crippen LogP contribution in [0.4, 0.5) is 15.8 Å². The van der Waals surface area contributed by atoms with Crippen LogP contribution in [0.1, 0.15) is 11.6 Å². The summed E-state index contributed by atoms with van der Waals surface area (Å²) in [6.07, 6.45) is -1.12. The van der Waals surface area contributed by atoms with Gasteiger partial charge in [-0.1, -0.05) is 48.5 Å². The van der Waals surface area contributed by atoms with Gasteiger partial charge in [-0.05, 0) is 30.3 Å². The Morgan fingerprint density at radius 3 is 2.23 bits per heavy atom. The van der Waals surface area contributed by atoms with Crippen LogP contribution in [0.2, 0.25) is 0 Å². The predicted molar refractivity (Wildman–Crippen MR) is 107 cm³/mol. The molecule has 150 valence electrons. The number of phenolic OH excluding ortho intramolecular Hbond substituents is 1. The number of nitrogens with zero attached hydrogens (tertiary/aromatic N) is 2. The minimum Gasteiger partial charge on any atom is -0.508 e. The van der Waals surface area contributed by atoms with Crippen LogP contribution in [-0.4, -0.2) is 23.0 Å². The zero-order chi connectivity index (χ0) is 20.8. The molecule has 5 rings (SSSR count). The molecule has 0 radical (unpaired) electrons. The number of hydrogen-bond acceptors (Lipinski definition) is 5. The lowest BCUT2D eigenvalue weighted by Gasteiger charge is -2.29. The standard InChI is InChI=1S/C23H17FN2O4/c24-16-11-5-6-12-17(16)25-22(28)19-20(15-10-4-7-13-18(15)27)26(30-21(19)23(25)29)14-8-2-1-3-9-14/h1-13,19-21,27H/t19-,20+,21+/m0/s1. The van der Waals surface area contributed by atoms with Gasteiger partial charge in [-0.2, -0.15) is 0 Å². The van der Waals surface area contributed by atoms with E-state index in [-0.39, 0.29) is 11.4 Å². The monoisotopic (exact) mass is 404 g/mol. The Labute approximate surface area is 171 Å². The molecule has 30 heavy (non-hydrogen) atoms. The molecule has 0 bridgehead atoms. The molecule has 0 spiro atoms. The molecule has 3 aromatic carbocycles. The number of carbonyl (C=O) groups excluding carboxylic acids is 2. The lowest BCUT2D eigenvalue weighted by Crippen LogP contribution is -2.37. The molecule has 0 aromatic heterocycles. The molecular weight excluding hydrogens is 387 g/mol. The molecule has 0 unspecified atom stereocenters. The van der Waals surface area contributed by atoms with Crippen molar-refractivity contribution in [2.45, 2.75) is 12.1 Å². The summed E-state index contributed by atoms with van der Waals surface area (Å²) in [7, 11) is 0. The van der Waals surface area contributed by atoms with E-state index >= 15 is 0 Å². The number of para-hydroxylation sites is 3. The van der Waals surface area contributed by atoms with E-state index in [0.29, 0.717) is 11.3 Å². The van der Waals surface area contributed by atoms with E-state index in [0.717, 1.165) is 4.90 Å². The minimum absolute atomic E-state index is 0.0164. The Morgan fingerprint density at radius 2 is 1.50 bits per heavy atom. The van der Waals surface area contributed by atoms with Crippen molar-refractivity contribution in [3.05, 3.63) is 90.2 Å². The van der Waals surface area contributed by atoms with Crippen molar-refractivity contribution >= 4 is 23.2 Å². The SMILES string of the molecule is O=C1[C@H]2[C@@H](c3ccccc3O)N(c3ccccc3)O[C@H]2C(=O)N1c1ccccc1F. The fourth-order valence-electron chi connectivity index (χ4n) is 4.14. The van der Waals surface area contributed by atoms with Crippen LogP contribution < -0.4 is 9.96 Å². The number of benzene rings is 3. The van der Waals surface area contributed by atoms with E-state index in [9.17, 15) is 19.1 Å². The second kappa shape index (κ2) is 6.96. The van der Waals surface area contributed by atoms with Crippen molar-refractivity contribution in [3.63, 3.8) is 0 Å². The molecule has 3 atom stereocenters. The lowest BCUT2D eigenvalue weighted by molar-refractivity contribution is -0.126. The van der Waals surface area contributed by atoms with Crippen molar-refractivity contribution < 1.29 is 23.9 Å². The summed E-state index contributed by atoms with van der Waals surface area (Å²) >= 11 is 0. The van der Waals surface area contributed by atoms with Crippen LogP contribution in [0.15, 0.2) is 78.9 Å². The largest absolute Gasteiger partial charge is 0.508 e. The third-order valence-electron chi connectivity index (χ3n) is 5.47. The van der Waals surface area contributed by atoms with Gasteiger partial charge in [-0.25, -0.2) is 14.4 Å². The summed E-state index contributed by atoms with van der Waals surface area (Å²) in [5.74, 6) is -2.82. The molecule has 2 aliphatic heterocycles. The van der Waals surface area contributed by atoms with Gasteiger partial charge in [0.2, 0.25) is 5.91 Å². The van der Waals surface area contributed by atoms with Crippen molar-refractivity contribution in [1.82, 2.24) is 0 Å². The second-order valence-corrected chi connectivity index (χ2v) is 7.18. The third-order valence-corrected chi connectivity index (χ3v) is 5.47. The highest BCUT2D eigenvalue weighted by Crippen LogP contribution is 2.49. The van der Waals surface area contributed by atoms with Crippen LogP contribution in [-0.2, 0) is 14.4 Å². The molecule has 0 saturated carbocycles. The fraction of sp³-hybridized carbons (Fsp3) is 0.130. The first kappa shape index (κ1) is 18.3. The van der Waals surface area contributed by atoms with Gasteiger partial charge in [-0.3, -0.25) is 14.4 Å². The number of fused-ring (bicyclic) bond motifs is 1. The van der Waals surface area contributed by atoms with E-state index < -0.39 is 35.7 Å².